The van der Waals surface area contributed by atoms with E-state index >= 15 is 0 Å². The van der Waals surface area contributed by atoms with Gasteiger partial charge in [-0.05, 0) is 39.5 Å². The van der Waals surface area contributed by atoms with Crippen molar-refractivity contribution in [3.63, 3.8) is 0 Å². The third-order valence-corrected chi connectivity index (χ3v) is 1.76. The van der Waals surface area contributed by atoms with Crippen LogP contribution in [-0.4, -0.2) is 11.5 Å². The van der Waals surface area contributed by atoms with Gasteiger partial charge >= 0.3 is 0 Å². The minimum atomic E-state index is 0.481. The number of azide groups is 1. The number of aromatic nitrogens is 1. The van der Waals surface area contributed by atoms with Crippen molar-refractivity contribution in [2.24, 2.45) is 5.11 Å². The first-order valence-corrected chi connectivity index (χ1v) is 4.22. The van der Waals surface area contributed by atoms with E-state index in [0.717, 1.165) is 16.5 Å². The van der Waals surface area contributed by atoms with Crippen LogP contribution in [0.5, 0.6) is 0 Å². The molecule has 4 nitrogen and oxygen atoms in total. The molecule has 0 aliphatic heterocycles. The number of nitrogens with zero attached hydrogens (tertiary/aromatic N) is 4. The topological polar surface area (TPSA) is 61.7 Å². The van der Waals surface area contributed by atoms with E-state index in [1.165, 1.54) is 0 Å². The third-order valence-electron chi connectivity index (χ3n) is 1.33. The molecule has 0 amide bonds. The molecule has 1 heterocycles. The van der Waals surface area contributed by atoms with Crippen molar-refractivity contribution in [3.8, 4) is 0 Å². The summed E-state index contributed by atoms with van der Waals surface area (Å²) >= 11 is 3.31. The molecule has 1 aromatic rings. The molecular weight excluding hydrogens is 220 g/mol. The van der Waals surface area contributed by atoms with Crippen LogP contribution in [0.2, 0.25) is 0 Å². The average molecular weight is 227 g/mol. The van der Waals surface area contributed by atoms with Gasteiger partial charge < -0.3 is 0 Å². The Bertz CT molecular complexity index is 306. The molecule has 1 rings (SSSR count). The number of halogens is 1. The smallest absolute Gasteiger partial charge is 0.0410 e. The molecule has 0 aliphatic rings. The lowest BCUT2D eigenvalue weighted by atomic mass is 10.2. The minimum Gasteiger partial charge on any atom is -0.263 e. The highest BCUT2D eigenvalue weighted by Gasteiger charge is 1.92. The largest absolute Gasteiger partial charge is 0.263 e. The molecule has 12 heavy (non-hydrogen) atoms. The van der Waals surface area contributed by atoms with Crippen LogP contribution in [0.1, 0.15) is 5.56 Å². The van der Waals surface area contributed by atoms with E-state index in [1.54, 1.807) is 12.4 Å². The van der Waals surface area contributed by atoms with E-state index < -0.39 is 0 Å². The number of rotatable bonds is 3. The fraction of sp³-hybridized carbons (Fsp3) is 0.286. The van der Waals surface area contributed by atoms with E-state index in [2.05, 4.69) is 30.9 Å². The molecule has 0 aliphatic carbocycles. The van der Waals surface area contributed by atoms with Crippen molar-refractivity contribution in [1.29, 1.82) is 0 Å². The van der Waals surface area contributed by atoms with E-state index in [9.17, 15) is 0 Å². The van der Waals surface area contributed by atoms with E-state index in [-0.39, 0.29) is 0 Å². The van der Waals surface area contributed by atoms with Gasteiger partial charge in [0, 0.05) is 28.3 Å². The Balaban J connectivity index is 2.57. The van der Waals surface area contributed by atoms with Gasteiger partial charge in [0.2, 0.25) is 0 Å². The van der Waals surface area contributed by atoms with E-state index in [0.29, 0.717) is 6.54 Å². The van der Waals surface area contributed by atoms with Gasteiger partial charge in [0.1, 0.15) is 0 Å². The highest BCUT2D eigenvalue weighted by Crippen LogP contribution is 2.09. The maximum Gasteiger partial charge on any atom is 0.0410 e. The lowest BCUT2D eigenvalue weighted by Crippen LogP contribution is -1.89. The van der Waals surface area contributed by atoms with E-state index in [1.807, 2.05) is 6.07 Å². The van der Waals surface area contributed by atoms with Crippen molar-refractivity contribution >= 4 is 15.9 Å². The predicted octanol–water partition coefficient (Wildman–Crippen LogP) is 2.70. The lowest BCUT2D eigenvalue weighted by Gasteiger charge is -1.96. The van der Waals surface area contributed by atoms with Crippen molar-refractivity contribution in [2.75, 3.05) is 6.54 Å². The normalized spacial score (nSPS) is 9.08. The summed E-state index contributed by atoms with van der Waals surface area (Å²) in [6, 6.07) is 1.96. The first-order valence-electron chi connectivity index (χ1n) is 3.43. The predicted molar refractivity (Wildman–Crippen MR) is 49.7 cm³/mol. The third kappa shape index (κ3) is 2.90. The Morgan fingerprint density at radius 1 is 1.58 bits per heavy atom. The lowest BCUT2D eigenvalue weighted by molar-refractivity contribution is 0.945. The van der Waals surface area contributed by atoms with Gasteiger partial charge in [0.15, 0.2) is 0 Å². The number of hydrogen-bond donors (Lipinski definition) is 0. The molecule has 0 saturated carbocycles. The van der Waals surface area contributed by atoms with Crippen LogP contribution < -0.4 is 0 Å². The van der Waals surface area contributed by atoms with Crippen LogP contribution >= 0.6 is 15.9 Å². The van der Waals surface area contributed by atoms with Gasteiger partial charge in [0.25, 0.3) is 0 Å². The molecule has 0 atom stereocenters. The summed E-state index contributed by atoms with van der Waals surface area (Å²) in [5.41, 5.74) is 9.10. The van der Waals surface area contributed by atoms with Gasteiger partial charge in [-0.1, -0.05) is 5.11 Å². The average Bonchev–Trinajstić information content (AvgIpc) is 2.05. The fourth-order valence-corrected chi connectivity index (χ4v) is 1.23. The van der Waals surface area contributed by atoms with Gasteiger partial charge in [-0.3, -0.25) is 4.98 Å². The summed E-state index contributed by atoms with van der Waals surface area (Å²) in [4.78, 5) is 6.65. The minimum absolute atomic E-state index is 0.481. The van der Waals surface area contributed by atoms with Crippen molar-refractivity contribution in [2.45, 2.75) is 6.42 Å². The van der Waals surface area contributed by atoms with Crippen molar-refractivity contribution < 1.29 is 0 Å². The molecule has 0 spiro atoms. The Labute approximate surface area is 78.4 Å². The highest BCUT2D eigenvalue weighted by molar-refractivity contribution is 9.10. The van der Waals surface area contributed by atoms with Crippen LogP contribution in [0.15, 0.2) is 28.0 Å². The Morgan fingerprint density at radius 3 is 3.08 bits per heavy atom. The second kappa shape index (κ2) is 4.74. The summed E-state index contributed by atoms with van der Waals surface area (Å²) in [5.74, 6) is 0. The van der Waals surface area contributed by atoms with Crippen molar-refractivity contribution in [1.82, 2.24) is 4.98 Å². The van der Waals surface area contributed by atoms with Gasteiger partial charge in [-0.25, -0.2) is 0 Å². The molecule has 5 heteroatoms. The molecule has 0 saturated heterocycles. The zero-order valence-corrected chi connectivity index (χ0v) is 7.90. The van der Waals surface area contributed by atoms with Crippen LogP contribution in [0.4, 0.5) is 0 Å². The monoisotopic (exact) mass is 226 g/mol. The summed E-state index contributed by atoms with van der Waals surface area (Å²) in [7, 11) is 0. The zero-order chi connectivity index (χ0) is 8.81. The maximum atomic E-state index is 8.03. The molecule has 0 aromatic carbocycles. The quantitative estimate of drug-likeness (QED) is 0.444. The Kier molecular flexibility index (Phi) is 3.57. The molecule has 0 N–H and O–H groups in total. The molecule has 62 valence electrons. The van der Waals surface area contributed by atoms with E-state index in [4.69, 9.17) is 5.53 Å². The second-order valence-electron chi connectivity index (χ2n) is 2.22. The van der Waals surface area contributed by atoms with Gasteiger partial charge in [-0.15, -0.1) is 0 Å². The summed E-state index contributed by atoms with van der Waals surface area (Å²) in [6.07, 6.45) is 4.21. The molecule has 0 radical (unpaired) electrons. The molecule has 0 unspecified atom stereocenters. The molecule has 1 aromatic heterocycles. The first-order chi connectivity index (χ1) is 5.83. The van der Waals surface area contributed by atoms with Crippen molar-refractivity contribution in [3.05, 3.63) is 38.9 Å². The molecule has 0 fully saturated rings. The SMILES string of the molecule is [N-]=[N+]=NCCc1cncc(Br)c1. The van der Waals surface area contributed by atoms with Gasteiger partial charge in [0.05, 0.1) is 0 Å². The van der Waals surface area contributed by atoms with Gasteiger partial charge in [-0.2, -0.15) is 0 Å². The van der Waals surface area contributed by atoms with Crippen LogP contribution in [0, 0.1) is 0 Å². The number of pyridine rings is 1. The van der Waals surface area contributed by atoms with Crippen LogP contribution in [0.3, 0.4) is 0 Å². The number of hydrogen-bond acceptors (Lipinski definition) is 2. The van der Waals surface area contributed by atoms with Crippen LogP contribution in [-0.2, 0) is 6.42 Å². The summed E-state index contributed by atoms with van der Waals surface area (Å²) in [5, 5.41) is 3.43. The standard InChI is InChI=1S/C7H7BrN4/c8-7-3-6(4-10-5-7)1-2-11-12-9/h3-5H,1-2H2. The maximum absolute atomic E-state index is 8.03. The first kappa shape index (κ1) is 9.03. The second-order valence-corrected chi connectivity index (χ2v) is 3.13. The fourth-order valence-electron chi connectivity index (χ4n) is 0.816. The summed E-state index contributed by atoms with van der Waals surface area (Å²) in [6.45, 7) is 0.481. The zero-order valence-electron chi connectivity index (χ0n) is 6.31. The Morgan fingerprint density at radius 2 is 2.42 bits per heavy atom. The highest BCUT2D eigenvalue weighted by atomic mass is 79.9. The summed E-state index contributed by atoms with van der Waals surface area (Å²) < 4.78 is 0.945. The van der Waals surface area contributed by atoms with Crippen LogP contribution in [0.25, 0.3) is 10.4 Å². The molecular formula is C7H7BrN4. The Hall–Kier alpha value is -1.06. The molecule has 0 bridgehead atoms.